The predicted molar refractivity (Wildman–Crippen MR) is 85.0 cm³/mol. The summed E-state index contributed by atoms with van der Waals surface area (Å²) in [6.07, 6.45) is 10.4. The summed E-state index contributed by atoms with van der Waals surface area (Å²) in [5.74, 6) is 0.897. The van der Waals surface area contributed by atoms with Gasteiger partial charge in [0, 0.05) is 50.4 Å². The fourth-order valence-corrected chi connectivity index (χ4v) is 3.65. The Morgan fingerprint density at radius 2 is 2.05 bits per heavy atom. The lowest BCUT2D eigenvalue weighted by Gasteiger charge is -2.40. The maximum absolute atomic E-state index is 5.49. The van der Waals surface area contributed by atoms with Crippen molar-refractivity contribution in [3.63, 3.8) is 0 Å². The number of hydrogen-bond acceptors (Lipinski definition) is 5. The number of rotatable bonds is 3. The normalized spacial score (nSPS) is 24.6. The van der Waals surface area contributed by atoms with Crippen LogP contribution in [0.3, 0.4) is 0 Å². The first-order valence-corrected chi connectivity index (χ1v) is 8.26. The lowest BCUT2D eigenvalue weighted by Crippen LogP contribution is -2.49. The Morgan fingerprint density at radius 3 is 2.95 bits per heavy atom. The minimum absolute atomic E-state index is 0.456. The highest BCUT2D eigenvalue weighted by Gasteiger charge is 2.27. The number of nitrogens with zero attached hydrogens (tertiary/aromatic N) is 4. The molecule has 0 bridgehead atoms. The van der Waals surface area contributed by atoms with Gasteiger partial charge in [-0.1, -0.05) is 0 Å². The fourth-order valence-electron chi connectivity index (χ4n) is 3.65. The summed E-state index contributed by atoms with van der Waals surface area (Å²) in [7, 11) is 0. The maximum atomic E-state index is 5.49. The lowest BCUT2D eigenvalue weighted by atomic mass is 10.00. The summed E-state index contributed by atoms with van der Waals surface area (Å²) in [5, 5.41) is 3.62. The maximum Gasteiger partial charge on any atom is 0.208 e. The van der Waals surface area contributed by atoms with Crippen molar-refractivity contribution in [2.75, 3.05) is 31.6 Å². The van der Waals surface area contributed by atoms with E-state index in [1.807, 2.05) is 29.1 Å². The Balaban J connectivity index is 1.45. The number of piperidine rings is 1. The largest absolute Gasteiger partial charge is 0.381 e. The van der Waals surface area contributed by atoms with Crippen LogP contribution in [0.15, 0.2) is 24.7 Å². The molecular formula is C16H23N5O. The predicted octanol–water partition coefficient (Wildman–Crippen LogP) is 1.78. The number of nitrogens with one attached hydrogen (secondary N) is 1. The molecule has 118 valence electrons. The second kappa shape index (κ2) is 6.22. The zero-order chi connectivity index (χ0) is 14.8. The molecule has 2 aliphatic rings. The quantitative estimate of drug-likeness (QED) is 0.936. The van der Waals surface area contributed by atoms with Crippen molar-refractivity contribution in [1.29, 1.82) is 0 Å². The smallest absolute Gasteiger partial charge is 0.208 e. The molecule has 0 amide bonds. The standard InChI is InChI=1S/C16H23N5O/c1-2-13(12-20(8-1)14-4-10-22-11-5-14)19-16-18-6-3-15-17-7-9-21(15)16/h3,6-7,9,13-14H,1-2,4-5,8,10-12H2,(H,18,19). The van der Waals surface area contributed by atoms with Gasteiger partial charge in [-0.25, -0.2) is 9.97 Å². The first-order valence-electron chi connectivity index (χ1n) is 8.26. The van der Waals surface area contributed by atoms with Crippen molar-refractivity contribution < 1.29 is 4.74 Å². The molecule has 2 fully saturated rings. The van der Waals surface area contributed by atoms with Crippen LogP contribution in [0.25, 0.3) is 5.65 Å². The molecule has 2 saturated heterocycles. The van der Waals surface area contributed by atoms with Gasteiger partial charge >= 0.3 is 0 Å². The van der Waals surface area contributed by atoms with E-state index in [9.17, 15) is 0 Å². The third kappa shape index (κ3) is 2.80. The minimum Gasteiger partial charge on any atom is -0.381 e. The molecule has 4 rings (SSSR count). The van der Waals surface area contributed by atoms with Crippen LogP contribution in [0, 0.1) is 0 Å². The summed E-state index contributed by atoms with van der Waals surface area (Å²) < 4.78 is 7.51. The van der Waals surface area contributed by atoms with Gasteiger partial charge in [-0.3, -0.25) is 9.30 Å². The van der Waals surface area contributed by atoms with Crippen molar-refractivity contribution in [3.05, 3.63) is 24.7 Å². The number of hydrogen-bond donors (Lipinski definition) is 1. The van der Waals surface area contributed by atoms with E-state index < -0.39 is 0 Å². The number of imidazole rings is 1. The molecule has 0 spiro atoms. The Bertz CT molecular complexity index is 622. The molecule has 0 aliphatic carbocycles. The highest BCUT2D eigenvalue weighted by atomic mass is 16.5. The number of likely N-dealkylation sites (tertiary alicyclic amines) is 1. The average Bonchev–Trinajstić information content (AvgIpc) is 3.06. The molecule has 6 nitrogen and oxygen atoms in total. The van der Waals surface area contributed by atoms with Crippen LogP contribution < -0.4 is 5.32 Å². The van der Waals surface area contributed by atoms with Crippen LogP contribution in [0.2, 0.25) is 0 Å². The number of fused-ring (bicyclic) bond motifs is 1. The van der Waals surface area contributed by atoms with Crippen molar-refractivity contribution in [2.45, 2.75) is 37.8 Å². The molecule has 1 unspecified atom stereocenters. The van der Waals surface area contributed by atoms with Gasteiger partial charge in [-0.2, -0.15) is 0 Å². The van der Waals surface area contributed by atoms with Crippen molar-refractivity contribution in [1.82, 2.24) is 19.3 Å². The molecule has 2 aromatic heterocycles. The SMILES string of the molecule is c1cc2nccn2c(NC2CCCN(C3CCOCC3)C2)n1. The number of ether oxygens (including phenoxy) is 1. The molecule has 22 heavy (non-hydrogen) atoms. The van der Waals surface area contributed by atoms with Gasteiger partial charge < -0.3 is 10.1 Å². The van der Waals surface area contributed by atoms with E-state index in [1.54, 1.807) is 0 Å². The highest BCUT2D eigenvalue weighted by Crippen LogP contribution is 2.21. The number of aromatic nitrogens is 3. The third-order valence-electron chi connectivity index (χ3n) is 4.81. The molecule has 2 aromatic rings. The summed E-state index contributed by atoms with van der Waals surface area (Å²) in [4.78, 5) is 11.4. The van der Waals surface area contributed by atoms with E-state index in [-0.39, 0.29) is 0 Å². The van der Waals surface area contributed by atoms with E-state index in [2.05, 4.69) is 20.2 Å². The second-order valence-electron chi connectivity index (χ2n) is 6.25. The van der Waals surface area contributed by atoms with Gasteiger partial charge in [-0.15, -0.1) is 0 Å². The molecule has 4 heterocycles. The molecule has 1 N–H and O–H groups in total. The first kappa shape index (κ1) is 14.0. The van der Waals surface area contributed by atoms with E-state index >= 15 is 0 Å². The third-order valence-corrected chi connectivity index (χ3v) is 4.81. The summed E-state index contributed by atoms with van der Waals surface area (Å²) in [6, 6.07) is 3.08. The molecule has 0 radical (unpaired) electrons. The van der Waals surface area contributed by atoms with Crippen molar-refractivity contribution >= 4 is 11.6 Å². The minimum atomic E-state index is 0.456. The Labute approximate surface area is 130 Å². The van der Waals surface area contributed by atoms with Gasteiger partial charge in [0.25, 0.3) is 0 Å². The molecule has 1 atom stereocenters. The van der Waals surface area contributed by atoms with Gasteiger partial charge in [0.15, 0.2) is 0 Å². The van der Waals surface area contributed by atoms with Gasteiger partial charge in [-0.05, 0) is 38.3 Å². The Hall–Kier alpha value is -1.66. The topological polar surface area (TPSA) is 54.7 Å². The van der Waals surface area contributed by atoms with Gasteiger partial charge in [0.05, 0.1) is 0 Å². The van der Waals surface area contributed by atoms with Crippen LogP contribution in [-0.2, 0) is 4.74 Å². The first-order chi connectivity index (χ1) is 10.9. The van der Waals surface area contributed by atoms with Crippen LogP contribution in [-0.4, -0.2) is 57.7 Å². The monoisotopic (exact) mass is 301 g/mol. The van der Waals surface area contributed by atoms with Gasteiger partial charge in [0.1, 0.15) is 5.65 Å². The average molecular weight is 301 g/mol. The zero-order valence-electron chi connectivity index (χ0n) is 12.8. The highest BCUT2D eigenvalue weighted by molar-refractivity contribution is 5.45. The molecule has 2 aliphatic heterocycles. The lowest BCUT2D eigenvalue weighted by molar-refractivity contribution is 0.0255. The molecule has 0 aromatic carbocycles. The summed E-state index contributed by atoms with van der Waals surface area (Å²) >= 11 is 0. The van der Waals surface area contributed by atoms with E-state index in [0.717, 1.165) is 31.4 Å². The van der Waals surface area contributed by atoms with Crippen LogP contribution in [0.5, 0.6) is 0 Å². The van der Waals surface area contributed by atoms with Crippen LogP contribution in [0.4, 0.5) is 5.95 Å². The van der Waals surface area contributed by atoms with Crippen LogP contribution in [0.1, 0.15) is 25.7 Å². The van der Waals surface area contributed by atoms with Crippen LogP contribution >= 0.6 is 0 Å². The molecular weight excluding hydrogens is 278 g/mol. The van der Waals surface area contributed by atoms with E-state index in [0.29, 0.717) is 12.1 Å². The zero-order valence-corrected chi connectivity index (χ0v) is 12.8. The summed E-state index contributed by atoms with van der Waals surface area (Å²) in [5.41, 5.74) is 0.939. The Morgan fingerprint density at radius 1 is 1.14 bits per heavy atom. The Kier molecular flexibility index (Phi) is 3.95. The van der Waals surface area contributed by atoms with Gasteiger partial charge in [0.2, 0.25) is 5.95 Å². The fraction of sp³-hybridized carbons (Fsp3) is 0.625. The van der Waals surface area contributed by atoms with E-state index in [4.69, 9.17) is 4.74 Å². The molecule has 6 heteroatoms. The van der Waals surface area contributed by atoms with E-state index in [1.165, 1.54) is 32.2 Å². The second-order valence-corrected chi connectivity index (χ2v) is 6.25. The summed E-state index contributed by atoms with van der Waals surface area (Å²) in [6.45, 7) is 4.13. The van der Waals surface area contributed by atoms with Crippen molar-refractivity contribution in [3.8, 4) is 0 Å². The number of anilines is 1. The molecule has 0 saturated carbocycles. The van der Waals surface area contributed by atoms with Crippen molar-refractivity contribution in [2.24, 2.45) is 0 Å².